The summed E-state index contributed by atoms with van der Waals surface area (Å²) in [4.78, 5) is 21.8. The van der Waals surface area contributed by atoms with Crippen LogP contribution in [0, 0.1) is 5.13 Å². The Balaban J connectivity index is 1.80. The van der Waals surface area contributed by atoms with E-state index >= 15 is 0 Å². The molecule has 170 valence electrons. The van der Waals surface area contributed by atoms with Gasteiger partial charge in [-0.25, -0.2) is 13.4 Å². The molecule has 0 saturated heterocycles. The lowest BCUT2D eigenvalue weighted by Gasteiger charge is -2.08. The first-order chi connectivity index (χ1) is 15.4. The first kappa shape index (κ1) is 23.8. The number of halogens is 1. The zero-order valence-corrected chi connectivity index (χ0v) is 19.2. The van der Waals surface area contributed by atoms with Crippen LogP contribution in [0.15, 0.2) is 46.0 Å². The van der Waals surface area contributed by atoms with Gasteiger partial charge in [0.05, 0.1) is 16.8 Å². The highest BCUT2D eigenvalue weighted by molar-refractivity contribution is 7.91. The Kier molecular flexibility index (Phi) is 8.33. The maximum Gasteiger partial charge on any atom is 0.280 e. The van der Waals surface area contributed by atoms with E-state index in [0.717, 1.165) is 6.20 Å². The van der Waals surface area contributed by atoms with Crippen LogP contribution in [0.1, 0.15) is 17.0 Å². The maximum absolute atomic E-state index is 13.2. The van der Waals surface area contributed by atoms with Crippen molar-refractivity contribution in [1.29, 1.82) is 0 Å². The molecule has 1 N–H and O–H groups in total. The molecule has 14 heteroatoms. The zero-order chi connectivity index (χ0) is 23.0. The number of rotatable bonds is 11. The number of nitrogens with one attached hydrogen (secondary N) is 1. The third kappa shape index (κ3) is 6.59. The van der Waals surface area contributed by atoms with Gasteiger partial charge in [-0.1, -0.05) is 28.6 Å². The number of aromatic nitrogens is 3. The molecule has 0 radical (unpaired) electrons. The minimum absolute atomic E-state index is 0.0146. The Bertz CT molecular complexity index is 1160. The number of carbonyl (C=O) groups is 1. The molecule has 10 nitrogen and oxygen atoms in total. The van der Waals surface area contributed by atoms with Crippen LogP contribution in [0.2, 0.25) is 0 Å². The minimum atomic E-state index is -3.50. The SMILES string of the molecule is COCCCS(=O)(=O)c1ccc(/C(=N\OCc2nncs2)C(=O)Nc2ncc(F)s2)cc1. The average Bonchev–Trinajstić information content (AvgIpc) is 3.43. The molecular weight excluding hydrogens is 481 g/mol. The number of oxime groups is 1. The molecule has 3 rings (SSSR count). The summed E-state index contributed by atoms with van der Waals surface area (Å²) in [5.74, 6) is -0.769. The van der Waals surface area contributed by atoms with E-state index < -0.39 is 20.9 Å². The van der Waals surface area contributed by atoms with Gasteiger partial charge in [0, 0.05) is 19.3 Å². The van der Waals surface area contributed by atoms with Crippen molar-refractivity contribution < 1.29 is 27.2 Å². The van der Waals surface area contributed by atoms with Crippen LogP contribution in [0.3, 0.4) is 0 Å². The Morgan fingerprint density at radius 2 is 2.06 bits per heavy atom. The summed E-state index contributed by atoms with van der Waals surface area (Å²) in [6, 6.07) is 5.65. The molecule has 0 aliphatic rings. The summed E-state index contributed by atoms with van der Waals surface area (Å²) in [6.07, 6.45) is 1.34. The van der Waals surface area contributed by atoms with E-state index in [-0.39, 0.29) is 28.1 Å². The van der Waals surface area contributed by atoms with Crippen molar-refractivity contribution in [2.45, 2.75) is 17.9 Å². The Labute approximate surface area is 191 Å². The molecule has 0 atom stereocenters. The van der Waals surface area contributed by atoms with Crippen molar-refractivity contribution >= 4 is 49.3 Å². The van der Waals surface area contributed by atoms with E-state index in [0.29, 0.717) is 34.9 Å². The second-order valence-electron chi connectivity index (χ2n) is 6.16. The van der Waals surface area contributed by atoms with Gasteiger partial charge in [-0.2, -0.15) is 4.39 Å². The molecule has 1 aromatic carbocycles. The molecule has 1 amide bonds. The lowest BCUT2D eigenvalue weighted by molar-refractivity contribution is -0.110. The van der Waals surface area contributed by atoms with Gasteiger partial charge in [0.15, 0.2) is 37.4 Å². The van der Waals surface area contributed by atoms with Crippen LogP contribution >= 0.6 is 22.7 Å². The fourth-order valence-corrected chi connectivity index (χ4v) is 4.69. The third-order valence-electron chi connectivity index (χ3n) is 3.91. The molecular formula is C18H18FN5O5S3. The summed E-state index contributed by atoms with van der Waals surface area (Å²) >= 11 is 1.91. The van der Waals surface area contributed by atoms with Gasteiger partial charge in [-0.15, -0.1) is 21.5 Å². The number of thiazole rings is 1. The van der Waals surface area contributed by atoms with Gasteiger partial charge in [0.2, 0.25) is 0 Å². The van der Waals surface area contributed by atoms with Gasteiger partial charge in [-0.3, -0.25) is 10.1 Å². The molecule has 0 saturated carbocycles. The van der Waals surface area contributed by atoms with E-state index in [1.165, 1.54) is 48.2 Å². The van der Waals surface area contributed by atoms with Gasteiger partial charge >= 0.3 is 0 Å². The highest BCUT2D eigenvalue weighted by Gasteiger charge is 2.20. The highest BCUT2D eigenvalue weighted by Crippen LogP contribution is 2.18. The van der Waals surface area contributed by atoms with Crippen molar-refractivity contribution in [1.82, 2.24) is 15.2 Å². The van der Waals surface area contributed by atoms with Gasteiger partial charge in [-0.05, 0) is 18.6 Å². The lowest BCUT2D eigenvalue weighted by Crippen LogP contribution is -2.24. The molecule has 3 aromatic rings. The van der Waals surface area contributed by atoms with Crippen molar-refractivity contribution in [2.24, 2.45) is 5.16 Å². The summed E-state index contributed by atoms with van der Waals surface area (Å²) in [6.45, 7) is 0.316. The molecule has 2 heterocycles. The molecule has 0 aliphatic heterocycles. The Morgan fingerprint density at radius 1 is 1.28 bits per heavy atom. The van der Waals surface area contributed by atoms with Crippen LogP contribution in [-0.2, 0) is 30.8 Å². The van der Waals surface area contributed by atoms with Gasteiger partial charge < -0.3 is 9.57 Å². The normalized spacial score (nSPS) is 12.0. The van der Waals surface area contributed by atoms with Crippen molar-refractivity contribution in [3.63, 3.8) is 0 Å². The van der Waals surface area contributed by atoms with Crippen molar-refractivity contribution in [3.05, 3.63) is 51.7 Å². The first-order valence-corrected chi connectivity index (χ1v) is 12.4. The number of hydrogen-bond donors (Lipinski definition) is 1. The molecule has 32 heavy (non-hydrogen) atoms. The number of anilines is 1. The second kappa shape index (κ2) is 11.2. The van der Waals surface area contributed by atoms with Crippen LogP contribution in [0.5, 0.6) is 0 Å². The maximum atomic E-state index is 13.2. The fourth-order valence-electron chi connectivity index (χ4n) is 2.44. The number of ether oxygens (including phenoxy) is 1. The zero-order valence-electron chi connectivity index (χ0n) is 16.7. The highest BCUT2D eigenvalue weighted by atomic mass is 32.2. The Hall–Kier alpha value is -2.81. The first-order valence-electron chi connectivity index (χ1n) is 9.09. The monoisotopic (exact) mass is 499 g/mol. The summed E-state index contributed by atoms with van der Waals surface area (Å²) in [7, 11) is -2.00. The molecule has 0 fully saturated rings. The number of sulfone groups is 1. The van der Waals surface area contributed by atoms with Crippen molar-refractivity contribution in [3.8, 4) is 0 Å². The summed E-state index contributed by atoms with van der Waals surface area (Å²) in [5.41, 5.74) is 1.68. The van der Waals surface area contributed by atoms with E-state index in [9.17, 15) is 17.6 Å². The number of carbonyl (C=O) groups excluding carboxylic acids is 1. The van der Waals surface area contributed by atoms with E-state index in [2.05, 4.69) is 25.7 Å². The number of methoxy groups -OCH3 is 1. The topological polar surface area (TPSA) is 133 Å². The number of hydrogen-bond acceptors (Lipinski definition) is 11. The van der Waals surface area contributed by atoms with Crippen molar-refractivity contribution in [2.75, 3.05) is 24.8 Å². The average molecular weight is 500 g/mol. The Morgan fingerprint density at radius 3 is 2.69 bits per heavy atom. The quantitative estimate of drug-likeness (QED) is 0.242. The predicted molar refractivity (Wildman–Crippen MR) is 117 cm³/mol. The number of nitrogens with zero attached hydrogens (tertiary/aromatic N) is 4. The third-order valence-corrected chi connectivity index (χ3v) is 7.10. The summed E-state index contributed by atoms with van der Waals surface area (Å²) in [5, 5.41) is 13.9. The number of benzene rings is 1. The number of amides is 1. The van der Waals surface area contributed by atoms with Gasteiger partial charge in [0.25, 0.3) is 5.91 Å². The van der Waals surface area contributed by atoms with E-state index in [4.69, 9.17) is 9.57 Å². The van der Waals surface area contributed by atoms with Crippen LogP contribution in [-0.4, -0.2) is 54.7 Å². The largest absolute Gasteiger partial charge is 0.388 e. The smallest absolute Gasteiger partial charge is 0.280 e. The van der Waals surface area contributed by atoms with Crippen LogP contribution in [0.25, 0.3) is 0 Å². The molecule has 0 aliphatic carbocycles. The second-order valence-corrected chi connectivity index (χ2v) is 10.2. The lowest BCUT2D eigenvalue weighted by atomic mass is 10.1. The molecule has 0 spiro atoms. The minimum Gasteiger partial charge on any atom is -0.388 e. The predicted octanol–water partition coefficient (Wildman–Crippen LogP) is 2.50. The molecule has 0 bridgehead atoms. The van der Waals surface area contributed by atoms with Gasteiger partial charge in [0.1, 0.15) is 5.51 Å². The summed E-state index contributed by atoms with van der Waals surface area (Å²) < 4.78 is 42.9. The van der Waals surface area contributed by atoms with Crippen LogP contribution < -0.4 is 5.32 Å². The van der Waals surface area contributed by atoms with E-state index in [1.807, 2.05) is 0 Å². The standard InChI is InChI=1S/C18H18FN5O5S3/c1-28-7-2-8-32(26,27)13-5-3-12(4-6-13)16(24-29-10-15-23-21-11-30-15)17(25)22-18-20-9-14(19)31-18/h3-6,9,11H,2,7-8,10H2,1H3,(H,20,22,25)/b24-16+. The van der Waals surface area contributed by atoms with E-state index in [1.54, 1.807) is 0 Å². The molecule has 2 aromatic heterocycles. The van der Waals surface area contributed by atoms with Crippen LogP contribution in [0.4, 0.5) is 9.52 Å². The molecule has 0 unspecified atom stereocenters. The fraction of sp³-hybridized carbons (Fsp3) is 0.278.